The standard InChI is InChI=1S/C8H15NO2.ClH/c1-11-8(10)6-7-2-4-9-5-3-7;/h7,9H,2-6H2,1H3;1H/i4D2,5D2;. The van der Waals surface area contributed by atoms with Crippen LogP contribution in [0, 0.1) is 5.92 Å². The maximum absolute atomic E-state index is 11.0. The van der Waals surface area contributed by atoms with Gasteiger partial charge in [-0.3, -0.25) is 4.79 Å². The Morgan fingerprint density at radius 1 is 1.67 bits per heavy atom. The van der Waals surface area contributed by atoms with Crippen LogP contribution in [-0.4, -0.2) is 26.1 Å². The SMILES string of the molecule is Cl.[2H]C1([2H])CC(CC(=O)OC)CC([2H])([2H])N1. The van der Waals surface area contributed by atoms with Crippen LogP contribution >= 0.6 is 12.4 Å². The lowest BCUT2D eigenvalue weighted by Gasteiger charge is -2.20. The van der Waals surface area contributed by atoms with Gasteiger partial charge in [0, 0.05) is 11.9 Å². The second-order valence-electron chi connectivity index (χ2n) is 2.53. The molecule has 0 amide bonds. The number of piperidine rings is 1. The third-order valence-electron chi connectivity index (χ3n) is 1.64. The first kappa shape index (κ1) is 6.22. The third-order valence-corrected chi connectivity index (χ3v) is 1.64. The Balaban J connectivity index is 0.00000225. The molecule has 1 N–H and O–H groups in total. The van der Waals surface area contributed by atoms with Crippen molar-refractivity contribution in [1.82, 2.24) is 5.32 Å². The number of carbonyl (C=O) groups is 1. The summed E-state index contributed by atoms with van der Waals surface area (Å²) in [6.45, 7) is -3.53. The summed E-state index contributed by atoms with van der Waals surface area (Å²) >= 11 is 0. The highest BCUT2D eigenvalue weighted by Gasteiger charge is 2.16. The van der Waals surface area contributed by atoms with Crippen molar-refractivity contribution < 1.29 is 15.0 Å². The summed E-state index contributed by atoms with van der Waals surface area (Å²) in [6.07, 6.45) is 0.320. The zero-order valence-electron chi connectivity index (χ0n) is 10.9. The van der Waals surface area contributed by atoms with Gasteiger partial charge in [-0.1, -0.05) is 0 Å². The normalized spacial score (nSPS) is 31.4. The van der Waals surface area contributed by atoms with Crippen molar-refractivity contribution in [2.45, 2.75) is 19.3 Å². The Bertz CT molecular complexity index is 246. The molecule has 0 saturated carbocycles. The summed E-state index contributed by atoms with van der Waals surface area (Å²) in [5.74, 6) is -0.739. The molecule has 1 aliphatic rings. The molecule has 0 atom stereocenters. The van der Waals surface area contributed by atoms with E-state index in [9.17, 15) is 4.79 Å². The molecule has 3 nitrogen and oxygen atoms in total. The molecule has 0 aromatic rings. The van der Waals surface area contributed by atoms with Crippen LogP contribution in [0.3, 0.4) is 0 Å². The zero-order chi connectivity index (χ0) is 11.7. The fourth-order valence-electron chi connectivity index (χ4n) is 0.989. The fraction of sp³-hybridized carbons (Fsp3) is 0.875. The minimum atomic E-state index is -1.76. The number of carbonyl (C=O) groups excluding carboxylic acids is 1. The molecule has 0 aromatic carbocycles. The topological polar surface area (TPSA) is 38.3 Å². The molecule has 4 heteroatoms. The number of nitrogens with one attached hydrogen (secondary N) is 1. The van der Waals surface area contributed by atoms with E-state index in [-0.39, 0.29) is 37.6 Å². The molecular formula is C8H16ClNO2. The molecule has 1 heterocycles. The molecule has 1 fully saturated rings. The first-order valence-electron chi connectivity index (χ1n) is 5.60. The maximum atomic E-state index is 11.0. The minimum Gasteiger partial charge on any atom is -0.469 e. The highest BCUT2D eigenvalue weighted by atomic mass is 35.5. The number of esters is 1. The molecule has 0 spiro atoms. The molecule has 1 aliphatic heterocycles. The van der Waals surface area contributed by atoms with Gasteiger partial charge in [0.15, 0.2) is 0 Å². The molecule has 0 radical (unpaired) electrons. The second kappa shape index (κ2) is 6.26. The van der Waals surface area contributed by atoms with Crippen LogP contribution in [0.1, 0.15) is 24.7 Å². The van der Waals surface area contributed by atoms with Gasteiger partial charge in [-0.05, 0) is 31.8 Å². The molecule has 1 saturated heterocycles. The predicted octanol–water partition coefficient (Wildman–Crippen LogP) is 0.971. The lowest BCUT2D eigenvalue weighted by molar-refractivity contribution is -0.141. The fourth-order valence-corrected chi connectivity index (χ4v) is 0.989. The molecule has 0 unspecified atom stereocenters. The Labute approximate surface area is 84.9 Å². The summed E-state index contributed by atoms with van der Waals surface area (Å²) in [7, 11) is 1.27. The largest absolute Gasteiger partial charge is 0.469 e. The van der Waals surface area contributed by atoms with Crippen molar-refractivity contribution in [3.05, 3.63) is 0 Å². The first-order valence-corrected chi connectivity index (χ1v) is 3.60. The molecule has 0 aromatic heterocycles. The predicted molar refractivity (Wildman–Crippen MR) is 49.5 cm³/mol. The highest BCUT2D eigenvalue weighted by molar-refractivity contribution is 5.85. The molecule has 1 rings (SSSR count). The van der Waals surface area contributed by atoms with E-state index in [1.807, 2.05) is 0 Å². The number of ether oxygens (including phenoxy) is 1. The minimum absolute atomic E-state index is 0. The average Bonchev–Trinajstić information content (AvgIpc) is 1.97. The van der Waals surface area contributed by atoms with E-state index in [2.05, 4.69) is 10.1 Å². The molecule has 0 bridgehead atoms. The van der Waals surface area contributed by atoms with Gasteiger partial charge in [-0.15, -0.1) is 12.4 Å². The number of halogens is 1. The Morgan fingerprint density at radius 2 is 2.25 bits per heavy atom. The van der Waals surface area contributed by atoms with Gasteiger partial charge in [0.1, 0.15) is 0 Å². The maximum Gasteiger partial charge on any atom is 0.305 e. The van der Waals surface area contributed by atoms with Crippen molar-refractivity contribution in [2.24, 2.45) is 5.92 Å². The second-order valence-corrected chi connectivity index (χ2v) is 2.53. The van der Waals surface area contributed by atoms with Crippen LogP contribution in [0.2, 0.25) is 0 Å². The van der Waals surface area contributed by atoms with Crippen LogP contribution in [-0.2, 0) is 9.53 Å². The van der Waals surface area contributed by atoms with Crippen molar-refractivity contribution in [3.8, 4) is 0 Å². The van der Waals surface area contributed by atoms with E-state index in [1.54, 1.807) is 0 Å². The van der Waals surface area contributed by atoms with Crippen molar-refractivity contribution in [1.29, 1.82) is 0 Å². The lowest BCUT2D eigenvalue weighted by Crippen LogP contribution is -2.29. The Morgan fingerprint density at radius 3 is 2.75 bits per heavy atom. The van der Waals surface area contributed by atoms with Crippen LogP contribution in [0.25, 0.3) is 0 Å². The molecule has 0 aliphatic carbocycles. The summed E-state index contributed by atoms with van der Waals surface area (Å²) in [6, 6.07) is 0. The van der Waals surface area contributed by atoms with Gasteiger partial charge < -0.3 is 10.1 Å². The quantitative estimate of drug-likeness (QED) is 0.671. The van der Waals surface area contributed by atoms with Gasteiger partial charge in [-0.2, -0.15) is 0 Å². The number of hydrogen-bond acceptors (Lipinski definition) is 3. The van der Waals surface area contributed by atoms with Gasteiger partial charge in [0.25, 0.3) is 0 Å². The van der Waals surface area contributed by atoms with Crippen molar-refractivity contribution >= 4 is 18.4 Å². The monoisotopic (exact) mass is 197 g/mol. The molecule has 72 valence electrons. The smallest absolute Gasteiger partial charge is 0.305 e. The lowest BCUT2D eigenvalue weighted by atomic mass is 9.95. The van der Waals surface area contributed by atoms with Crippen LogP contribution < -0.4 is 5.32 Å². The van der Waals surface area contributed by atoms with Crippen molar-refractivity contribution in [2.75, 3.05) is 20.1 Å². The highest BCUT2D eigenvalue weighted by Crippen LogP contribution is 2.15. The van der Waals surface area contributed by atoms with E-state index in [0.717, 1.165) is 0 Å². The summed E-state index contributed by atoms with van der Waals surface area (Å²) < 4.78 is 34.4. The van der Waals surface area contributed by atoms with E-state index >= 15 is 0 Å². The Hall–Kier alpha value is -0.280. The molecular weight excluding hydrogens is 178 g/mol. The first-order chi connectivity index (χ1) is 6.74. The number of methoxy groups -OCH3 is 1. The van der Waals surface area contributed by atoms with E-state index < -0.39 is 19.0 Å². The zero-order valence-corrected chi connectivity index (χ0v) is 7.74. The van der Waals surface area contributed by atoms with Crippen LogP contribution in [0.4, 0.5) is 0 Å². The number of rotatable bonds is 2. The summed E-state index contributed by atoms with van der Waals surface area (Å²) in [5, 5.41) is 2.27. The van der Waals surface area contributed by atoms with Crippen LogP contribution in [0.15, 0.2) is 0 Å². The summed E-state index contributed by atoms with van der Waals surface area (Å²) in [4.78, 5) is 11.0. The van der Waals surface area contributed by atoms with Crippen LogP contribution in [0.5, 0.6) is 0 Å². The molecule has 12 heavy (non-hydrogen) atoms. The van der Waals surface area contributed by atoms with E-state index in [4.69, 9.17) is 5.48 Å². The third kappa shape index (κ3) is 3.93. The van der Waals surface area contributed by atoms with Gasteiger partial charge in [-0.25, -0.2) is 0 Å². The van der Waals surface area contributed by atoms with Crippen molar-refractivity contribution in [3.63, 3.8) is 0 Å². The number of hydrogen-bond donors (Lipinski definition) is 1. The van der Waals surface area contributed by atoms with Gasteiger partial charge in [0.05, 0.1) is 7.11 Å². The average molecular weight is 198 g/mol. The van der Waals surface area contributed by atoms with E-state index in [1.165, 1.54) is 7.11 Å². The van der Waals surface area contributed by atoms with Gasteiger partial charge >= 0.3 is 5.97 Å². The van der Waals surface area contributed by atoms with Gasteiger partial charge in [0.2, 0.25) is 0 Å². The Kier molecular flexibility index (Phi) is 3.24. The van der Waals surface area contributed by atoms with E-state index in [0.29, 0.717) is 0 Å². The summed E-state index contributed by atoms with van der Waals surface area (Å²) in [5.41, 5.74) is 0.